The highest BCUT2D eigenvalue weighted by atomic mass is 32.1. The van der Waals surface area contributed by atoms with E-state index in [1.54, 1.807) is 0 Å². The summed E-state index contributed by atoms with van der Waals surface area (Å²) >= 11 is 1.82. The Labute approximate surface area is 108 Å². The maximum Gasteiger partial charge on any atom is 0.0897 e. The molecular formula is C13H23N3S. The van der Waals surface area contributed by atoms with E-state index < -0.39 is 0 Å². The van der Waals surface area contributed by atoms with Gasteiger partial charge in [-0.25, -0.2) is 4.98 Å². The summed E-state index contributed by atoms with van der Waals surface area (Å²) in [6.07, 6.45) is 2.03. The predicted octanol–water partition coefficient (Wildman–Crippen LogP) is 2.27. The van der Waals surface area contributed by atoms with E-state index in [0.717, 1.165) is 19.6 Å². The number of aromatic nitrogens is 1. The molecule has 96 valence electrons. The van der Waals surface area contributed by atoms with Gasteiger partial charge in [0.1, 0.15) is 0 Å². The molecule has 2 rings (SSSR count). The van der Waals surface area contributed by atoms with Gasteiger partial charge in [0.05, 0.1) is 5.01 Å². The van der Waals surface area contributed by atoms with E-state index in [0.29, 0.717) is 18.0 Å². The van der Waals surface area contributed by atoms with Crippen molar-refractivity contribution < 1.29 is 0 Å². The highest BCUT2D eigenvalue weighted by molar-refractivity contribution is 7.11. The first-order valence-corrected chi connectivity index (χ1v) is 7.26. The highest BCUT2D eigenvalue weighted by Gasteiger charge is 2.26. The normalized spacial score (nSPS) is 26.6. The largest absolute Gasteiger partial charge is 0.311 e. The molecule has 0 aliphatic carbocycles. The first-order valence-electron chi connectivity index (χ1n) is 6.45. The van der Waals surface area contributed by atoms with E-state index in [9.17, 15) is 0 Å². The van der Waals surface area contributed by atoms with Gasteiger partial charge >= 0.3 is 0 Å². The monoisotopic (exact) mass is 253 g/mol. The third kappa shape index (κ3) is 3.27. The van der Waals surface area contributed by atoms with E-state index in [4.69, 9.17) is 0 Å². The van der Waals surface area contributed by atoms with Crippen molar-refractivity contribution >= 4 is 11.3 Å². The van der Waals surface area contributed by atoms with E-state index in [1.807, 2.05) is 17.5 Å². The molecule has 1 fully saturated rings. The van der Waals surface area contributed by atoms with Crippen LogP contribution in [0.15, 0.2) is 6.20 Å². The Bertz CT molecular complexity index is 361. The van der Waals surface area contributed by atoms with E-state index in [-0.39, 0.29) is 0 Å². The Balaban J connectivity index is 1.98. The van der Waals surface area contributed by atoms with Crippen LogP contribution >= 0.6 is 11.3 Å². The second-order valence-corrected chi connectivity index (χ2v) is 6.70. The Kier molecular flexibility index (Phi) is 4.17. The average molecular weight is 253 g/mol. The van der Waals surface area contributed by atoms with E-state index in [1.165, 1.54) is 9.88 Å². The maximum absolute atomic E-state index is 4.34. The maximum atomic E-state index is 4.34. The van der Waals surface area contributed by atoms with Gasteiger partial charge in [-0.15, -0.1) is 11.3 Å². The standard InChI is InChI=1S/C13H23N3S/c1-9(2)13-8-16(10(3)5-15-13)7-12-6-14-11(4)17-12/h6,9-10,13,15H,5,7-8H2,1-4H3. The number of nitrogens with zero attached hydrogens (tertiary/aromatic N) is 2. The topological polar surface area (TPSA) is 28.2 Å². The van der Waals surface area contributed by atoms with Crippen molar-refractivity contribution in [2.45, 2.75) is 46.3 Å². The molecule has 0 spiro atoms. The van der Waals surface area contributed by atoms with E-state index in [2.05, 4.69) is 42.9 Å². The Morgan fingerprint density at radius 3 is 2.94 bits per heavy atom. The summed E-state index contributed by atoms with van der Waals surface area (Å²) in [4.78, 5) is 8.30. The van der Waals surface area contributed by atoms with Gasteiger partial charge in [0.2, 0.25) is 0 Å². The number of nitrogens with one attached hydrogen (secondary N) is 1. The molecular weight excluding hydrogens is 230 g/mol. The fourth-order valence-electron chi connectivity index (χ4n) is 2.29. The molecule has 1 aliphatic heterocycles. The van der Waals surface area contributed by atoms with Crippen molar-refractivity contribution in [1.29, 1.82) is 0 Å². The van der Waals surface area contributed by atoms with Gasteiger partial charge in [0.15, 0.2) is 0 Å². The zero-order valence-electron chi connectivity index (χ0n) is 11.2. The number of hydrogen-bond acceptors (Lipinski definition) is 4. The summed E-state index contributed by atoms with van der Waals surface area (Å²) < 4.78 is 0. The fourth-order valence-corrected chi connectivity index (χ4v) is 3.11. The molecule has 2 heterocycles. The van der Waals surface area contributed by atoms with Gasteiger partial charge < -0.3 is 5.32 Å². The highest BCUT2D eigenvalue weighted by Crippen LogP contribution is 2.19. The first-order chi connectivity index (χ1) is 8.06. The predicted molar refractivity (Wildman–Crippen MR) is 73.4 cm³/mol. The van der Waals surface area contributed by atoms with Crippen LogP contribution in [0.5, 0.6) is 0 Å². The van der Waals surface area contributed by atoms with Crippen molar-refractivity contribution in [1.82, 2.24) is 15.2 Å². The lowest BCUT2D eigenvalue weighted by atomic mass is 10.00. The fraction of sp³-hybridized carbons (Fsp3) is 0.769. The lowest BCUT2D eigenvalue weighted by Crippen LogP contribution is -2.56. The summed E-state index contributed by atoms with van der Waals surface area (Å²) in [5.74, 6) is 0.702. The van der Waals surface area contributed by atoms with Gasteiger partial charge in [-0.2, -0.15) is 0 Å². The summed E-state index contributed by atoms with van der Waals surface area (Å²) in [5.41, 5.74) is 0. The molecule has 3 nitrogen and oxygen atoms in total. The zero-order chi connectivity index (χ0) is 12.4. The smallest absolute Gasteiger partial charge is 0.0897 e. The number of piperazine rings is 1. The molecule has 0 amide bonds. The molecule has 1 aromatic rings. The second-order valence-electron chi connectivity index (χ2n) is 5.38. The first kappa shape index (κ1) is 13.0. The summed E-state index contributed by atoms with van der Waals surface area (Å²) in [6, 6.07) is 1.24. The van der Waals surface area contributed by atoms with Crippen LogP contribution in [-0.4, -0.2) is 35.1 Å². The molecule has 2 unspecified atom stereocenters. The molecule has 2 atom stereocenters. The Hall–Kier alpha value is -0.450. The number of hydrogen-bond donors (Lipinski definition) is 1. The summed E-state index contributed by atoms with van der Waals surface area (Å²) in [7, 11) is 0. The quantitative estimate of drug-likeness (QED) is 0.895. The third-order valence-electron chi connectivity index (χ3n) is 3.56. The van der Waals surface area contributed by atoms with Crippen molar-refractivity contribution in [2.24, 2.45) is 5.92 Å². The molecule has 1 saturated heterocycles. The molecule has 1 N–H and O–H groups in total. The van der Waals surface area contributed by atoms with E-state index >= 15 is 0 Å². The van der Waals surface area contributed by atoms with Crippen LogP contribution in [0.3, 0.4) is 0 Å². The molecule has 0 aromatic carbocycles. The minimum atomic E-state index is 0.618. The minimum Gasteiger partial charge on any atom is -0.311 e. The van der Waals surface area contributed by atoms with Gasteiger partial charge in [-0.3, -0.25) is 4.90 Å². The van der Waals surface area contributed by atoms with Crippen molar-refractivity contribution in [2.75, 3.05) is 13.1 Å². The number of thiazole rings is 1. The van der Waals surface area contributed by atoms with Crippen LogP contribution in [0.4, 0.5) is 0 Å². The average Bonchev–Trinajstić information content (AvgIpc) is 2.67. The number of rotatable bonds is 3. The molecule has 1 aromatic heterocycles. The second kappa shape index (κ2) is 5.46. The van der Waals surface area contributed by atoms with Gasteiger partial charge in [0, 0.05) is 42.8 Å². The van der Waals surface area contributed by atoms with Gasteiger partial charge in [-0.1, -0.05) is 13.8 Å². The Morgan fingerprint density at radius 1 is 1.59 bits per heavy atom. The lowest BCUT2D eigenvalue weighted by Gasteiger charge is -2.40. The molecule has 0 saturated carbocycles. The lowest BCUT2D eigenvalue weighted by molar-refractivity contribution is 0.117. The zero-order valence-corrected chi connectivity index (χ0v) is 12.0. The number of aryl methyl sites for hydroxylation is 1. The molecule has 0 bridgehead atoms. The van der Waals surface area contributed by atoms with Crippen molar-refractivity contribution in [3.63, 3.8) is 0 Å². The van der Waals surface area contributed by atoms with Crippen molar-refractivity contribution in [3.05, 3.63) is 16.1 Å². The van der Waals surface area contributed by atoms with Crippen LogP contribution in [-0.2, 0) is 6.54 Å². The van der Waals surface area contributed by atoms with Crippen molar-refractivity contribution in [3.8, 4) is 0 Å². The van der Waals surface area contributed by atoms with Gasteiger partial charge in [-0.05, 0) is 19.8 Å². The molecule has 1 aliphatic rings. The van der Waals surface area contributed by atoms with Gasteiger partial charge in [0.25, 0.3) is 0 Å². The third-order valence-corrected chi connectivity index (χ3v) is 4.46. The van der Waals surface area contributed by atoms with Crippen LogP contribution in [0.1, 0.15) is 30.7 Å². The van der Waals surface area contributed by atoms with Crippen LogP contribution in [0.25, 0.3) is 0 Å². The van der Waals surface area contributed by atoms with Crippen LogP contribution in [0.2, 0.25) is 0 Å². The van der Waals surface area contributed by atoms with Crippen LogP contribution in [0, 0.1) is 12.8 Å². The Morgan fingerprint density at radius 2 is 2.35 bits per heavy atom. The molecule has 4 heteroatoms. The summed E-state index contributed by atoms with van der Waals surface area (Å²) in [6.45, 7) is 12.3. The SMILES string of the molecule is Cc1ncc(CN2CC(C(C)C)NCC2C)s1. The minimum absolute atomic E-state index is 0.618. The summed E-state index contributed by atoms with van der Waals surface area (Å²) in [5, 5.41) is 4.81. The van der Waals surface area contributed by atoms with Crippen LogP contribution < -0.4 is 5.32 Å². The molecule has 0 radical (unpaired) electrons. The molecule has 17 heavy (non-hydrogen) atoms.